The molecule has 1 aromatic heterocycles. The molecule has 0 atom stereocenters. The lowest BCUT2D eigenvalue weighted by Gasteiger charge is -2.07. The first-order chi connectivity index (χ1) is 11.2. The monoisotopic (exact) mass is 341 g/mol. The molecule has 122 valence electrons. The number of nitrogens with one attached hydrogen (secondary N) is 1. The molecule has 6 heteroatoms. The van der Waals surface area contributed by atoms with Crippen molar-refractivity contribution in [1.82, 2.24) is 9.97 Å². The molecule has 0 saturated carbocycles. The van der Waals surface area contributed by atoms with Crippen LogP contribution < -0.4 is 9.47 Å². The topological polar surface area (TPSA) is 70.9 Å². The molecule has 0 unspecified atom stereocenters. The lowest BCUT2D eigenvalue weighted by atomic mass is 10.1. The van der Waals surface area contributed by atoms with Crippen LogP contribution in [0.4, 0.5) is 0 Å². The third-order valence-electron chi connectivity index (χ3n) is 3.48. The molecule has 0 spiro atoms. The summed E-state index contributed by atoms with van der Waals surface area (Å²) >= 11 is 0. The van der Waals surface area contributed by atoms with Gasteiger partial charge >= 0.3 is 0 Å². The fraction of sp³-hybridized carbons (Fsp3) is 0.111. The molecule has 5 nitrogen and oxygen atoms in total. The quantitative estimate of drug-likeness (QED) is 0.726. The molecule has 2 aromatic carbocycles. The Morgan fingerprint density at radius 3 is 2.54 bits per heavy atom. The molecular weight excluding hydrogens is 326 g/mol. The van der Waals surface area contributed by atoms with Gasteiger partial charge in [0.2, 0.25) is 0 Å². The van der Waals surface area contributed by atoms with E-state index in [9.17, 15) is 5.26 Å². The summed E-state index contributed by atoms with van der Waals surface area (Å²) in [5.41, 5.74) is 3.01. The minimum atomic E-state index is 0. The van der Waals surface area contributed by atoms with E-state index < -0.39 is 0 Å². The Morgan fingerprint density at radius 1 is 1.12 bits per heavy atom. The first kappa shape index (κ1) is 17.4. The van der Waals surface area contributed by atoms with Crippen molar-refractivity contribution in [3.63, 3.8) is 0 Å². The van der Waals surface area contributed by atoms with Gasteiger partial charge in [-0.15, -0.1) is 12.4 Å². The third-order valence-corrected chi connectivity index (χ3v) is 3.48. The molecule has 0 aliphatic heterocycles. The summed E-state index contributed by atoms with van der Waals surface area (Å²) < 4.78 is 10.5. The van der Waals surface area contributed by atoms with Crippen LogP contribution in [0.1, 0.15) is 11.4 Å². The maximum absolute atomic E-state index is 9.46. The number of hydrogen-bond acceptors (Lipinski definition) is 4. The Kier molecular flexibility index (Phi) is 5.46. The fourth-order valence-electron chi connectivity index (χ4n) is 2.34. The maximum atomic E-state index is 9.46. The van der Waals surface area contributed by atoms with E-state index in [1.807, 2.05) is 36.4 Å². The van der Waals surface area contributed by atoms with E-state index >= 15 is 0 Å². The molecule has 3 aromatic rings. The van der Waals surface area contributed by atoms with Crippen molar-refractivity contribution in [2.45, 2.75) is 0 Å². The predicted octanol–water partition coefficient (Wildman–Crippen LogP) is 4.07. The van der Waals surface area contributed by atoms with Gasteiger partial charge < -0.3 is 14.5 Å². The van der Waals surface area contributed by atoms with Crippen LogP contribution in [0.2, 0.25) is 0 Å². The molecule has 0 saturated heterocycles. The van der Waals surface area contributed by atoms with Gasteiger partial charge in [0, 0.05) is 0 Å². The van der Waals surface area contributed by atoms with Crippen molar-refractivity contribution in [2.75, 3.05) is 14.2 Å². The van der Waals surface area contributed by atoms with Crippen LogP contribution in [0.25, 0.3) is 22.7 Å². The van der Waals surface area contributed by atoms with E-state index in [1.165, 1.54) is 0 Å². The second-order valence-corrected chi connectivity index (χ2v) is 4.89. The lowest BCUT2D eigenvalue weighted by molar-refractivity contribution is 0.355. The van der Waals surface area contributed by atoms with E-state index in [1.54, 1.807) is 26.4 Å². The number of H-pyrrole nitrogens is 1. The minimum Gasteiger partial charge on any atom is -0.493 e. The minimum absolute atomic E-state index is 0. The van der Waals surface area contributed by atoms with Crippen LogP contribution in [-0.2, 0) is 0 Å². The van der Waals surface area contributed by atoms with Crippen LogP contribution in [0.3, 0.4) is 0 Å². The van der Waals surface area contributed by atoms with E-state index in [0.29, 0.717) is 22.9 Å². The molecule has 0 aliphatic rings. The number of allylic oxidation sites excluding steroid dienone is 1. The number of fused-ring (bicyclic) bond motifs is 1. The lowest BCUT2D eigenvalue weighted by Crippen LogP contribution is -1.91. The fourth-order valence-corrected chi connectivity index (χ4v) is 2.34. The van der Waals surface area contributed by atoms with Crippen molar-refractivity contribution >= 4 is 35.1 Å². The second-order valence-electron chi connectivity index (χ2n) is 4.89. The predicted molar refractivity (Wildman–Crippen MR) is 96.4 cm³/mol. The van der Waals surface area contributed by atoms with Crippen LogP contribution in [0.15, 0.2) is 42.5 Å². The summed E-state index contributed by atoms with van der Waals surface area (Å²) in [6.45, 7) is 0. The number of nitriles is 1. The van der Waals surface area contributed by atoms with Gasteiger partial charge in [0.15, 0.2) is 11.5 Å². The molecular formula is C18H16ClN3O2. The zero-order chi connectivity index (χ0) is 16.2. The highest BCUT2D eigenvalue weighted by Crippen LogP contribution is 2.29. The molecule has 0 amide bonds. The number of hydrogen-bond donors (Lipinski definition) is 1. The van der Waals surface area contributed by atoms with Crippen LogP contribution in [-0.4, -0.2) is 24.2 Å². The highest BCUT2D eigenvalue weighted by atomic mass is 35.5. The summed E-state index contributed by atoms with van der Waals surface area (Å²) in [5.74, 6) is 1.80. The average Bonchev–Trinajstić information content (AvgIpc) is 3.03. The molecule has 0 fully saturated rings. The van der Waals surface area contributed by atoms with Gasteiger partial charge in [-0.2, -0.15) is 5.26 Å². The van der Waals surface area contributed by atoms with Gasteiger partial charge in [-0.3, -0.25) is 0 Å². The molecule has 1 N–H and O–H groups in total. The van der Waals surface area contributed by atoms with E-state index in [4.69, 9.17) is 9.47 Å². The van der Waals surface area contributed by atoms with Gasteiger partial charge in [0.05, 0.1) is 30.8 Å². The Bertz CT molecular complexity index is 892. The maximum Gasteiger partial charge on any atom is 0.161 e. The first-order valence-corrected chi connectivity index (χ1v) is 7.04. The normalized spacial score (nSPS) is 10.8. The van der Waals surface area contributed by atoms with Gasteiger partial charge in [-0.05, 0) is 35.9 Å². The summed E-state index contributed by atoms with van der Waals surface area (Å²) in [6.07, 6.45) is 1.76. The number of rotatable bonds is 4. The molecule has 0 radical (unpaired) electrons. The zero-order valence-electron chi connectivity index (χ0n) is 13.2. The van der Waals surface area contributed by atoms with Crippen molar-refractivity contribution < 1.29 is 9.47 Å². The van der Waals surface area contributed by atoms with Gasteiger partial charge in [0.25, 0.3) is 0 Å². The van der Waals surface area contributed by atoms with Crippen molar-refractivity contribution in [3.05, 3.63) is 53.9 Å². The number of aromatic amines is 1. The molecule has 3 rings (SSSR count). The number of aromatic nitrogens is 2. The van der Waals surface area contributed by atoms with Crippen molar-refractivity contribution in [3.8, 4) is 17.6 Å². The van der Waals surface area contributed by atoms with Crippen molar-refractivity contribution in [1.29, 1.82) is 5.26 Å². The largest absolute Gasteiger partial charge is 0.493 e. The third kappa shape index (κ3) is 3.34. The number of nitrogens with zero attached hydrogens (tertiary/aromatic N) is 2. The molecule has 1 heterocycles. The van der Waals surface area contributed by atoms with Crippen molar-refractivity contribution in [2.24, 2.45) is 0 Å². The highest BCUT2D eigenvalue weighted by molar-refractivity contribution is 5.90. The molecule has 24 heavy (non-hydrogen) atoms. The summed E-state index contributed by atoms with van der Waals surface area (Å²) in [5, 5.41) is 9.46. The van der Waals surface area contributed by atoms with E-state index in [-0.39, 0.29) is 12.4 Å². The van der Waals surface area contributed by atoms with Gasteiger partial charge in [-0.25, -0.2) is 4.98 Å². The number of halogens is 1. The van der Waals surface area contributed by atoms with E-state index in [0.717, 1.165) is 16.6 Å². The Labute approximate surface area is 146 Å². The molecule has 0 aliphatic carbocycles. The Morgan fingerprint density at radius 2 is 1.88 bits per heavy atom. The summed E-state index contributed by atoms with van der Waals surface area (Å²) in [7, 11) is 3.16. The van der Waals surface area contributed by atoms with Crippen LogP contribution >= 0.6 is 12.4 Å². The zero-order valence-corrected chi connectivity index (χ0v) is 14.1. The van der Waals surface area contributed by atoms with Gasteiger partial charge in [0.1, 0.15) is 11.9 Å². The summed E-state index contributed by atoms with van der Waals surface area (Å²) in [4.78, 5) is 7.61. The second kappa shape index (κ2) is 7.53. The van der Waals surface area contributed by atoms with Gasteiger partial charge in [-0.1, -0.05) is 18.2 Å². The van der Waals surface area contributed by atoms with Crippen LogP contribution in [0.5, 0.6) is 11.5 Å². The van der Waals surface area contributed by atoms with Crippen LogP contribution in [0, 0.1) is 11.3 Å². The number of benzene rings is 2. The number of methoxy groups -OCH3 is 2. The first-order valence-electron chi connectivity index (χ1n) is 7.04. The Hall–Kier alpha value is -2.97. The number of para-hydroxylation sites is 2. The SMILES string of the molecule is COc1ccc(C=C(C#N)c2nc3ccccc3[nH]2)cc1OC.Cl. The number of imidazole rings is 1. The standard InChI is InChI=1S/C18H15N3O2.ClH/c1-22-16-8-7-12(10-17(16)23-2)9-13(11-19)18-20-14-5-3-4-6-15(14)21-18;/h3-10H,1-2H3,(H,20,21);1H. The smallest absolute Gasteiger partial charge is 0.161 e. The van der Waals surface area contributed by atoms with E-state index in [2.05, 4.69) is 16.0 Å². The number of ether oxygens (including phenoxy) is 2. The highest BCUT2D eigenvalue weighted by Gasteiger charge is 2.09. The Balaban J connectivity index is 0.00000208. The molecule has 0 bridgehead atoms. The average molecular weight is 342 g/mol. The summed E-state index contributed by atoms with van der Waals surface area (Å²) in [6, 6.07) is 15.3.